The molecule has 2 N–H and O–H groups in total. The van der Waals surface area contributed by atoms with Gasteiger partial charge in [-0.1, -0.05) is 24.3 Å². The normalized spacial score (nSPS) is 36.5. The van der Waals surface area contributed by atoms with Gasteiger partial charge in [0.1, 0.15) is 5.82 Å². The lowest BCUT2D eigenvalue weighted by Crippen LogP contribution is -2.44. The predicted molar refractivity (Wildman–Crippen MR) is 137 cm³/mol. The molecule has 1 spiro atoms. The summed E-state index contributed by atoms with van der Waals surface area (Å²) in [7, 11) is 4.13. The number of anilines is 2. The molecule has 1 amide bonds. The summed E-state index contributed by atoms with van der Waals surface area (Å²) in [6, 6.07) is 13.7. The number of para-hydroxylation sites is 1. The van der Waals surface area contributed by atoms with E-state index in [4.69, 9.17) is 4.98 Å². The summed E-state index contributed by atoms with van der Waals surface area (Å²) in [6.07, 6.45) is 6.65. The second kappa shape index (κ2) is 8.02. The Bertz CT molecular complexity index is 1130. The monoisotopic (exact) mass is 472 g/mol. The van der Waals surface area contributed by atoms with Crippen molar-refractivity contribution in [2.75, 3.05) is 50.1 Å². The molecule has 2 saturated heterocycles. The van der Waals surface area contributed by atoms with Crippen molar-refractivity contribution >= 4 is 17.4 Å². The largest absolute Gasteiger partial charge is 0.354 e. The summed E-state index contributed by atoms with van der Waals surface area (Å²) >= 11 is 0. The second-order valence-electron chi connectivity index (χ2n) is 11.5. The van der Waals surface area contributed by atoms with E-state index in [-0.39, 0.29) is 5.41 Å². The lowest BCUT2D eigenvalue weighted by molar-refractivity contribution is -0.120. The smallest absolute Gasteiger partial charge is 0.237 e. The van der Waals surface area contributed by atoms with Gasteiger partial charge in [0.15, 0.2) is 0 Å². The zero-order valence-electron chi connectivity index (χ0n) is 20.8. The van der Waals surface area contributed by atoms with E-state index in [1.165, 1.54) is 24.0 Å². The molecule has 0 radical (unpaired) electrons. The maximum absolute atomic E-state index is 13.3. The first-order chi connectivity index (χ1) is 17.1. The summed E-state index contributed by atoms with van der Waals surface area (Å²) in [6.45, 7) is 4.28. The minimum atomic E-state index is -0.253. The van der Waals surface area contributed by atoms with Gasteiger partial charge in [-0.2, -0.15) is 0 Å². The second-order valence-corrected chi connectivity index (χ2v) is 11.5. The fraction of sp³-hybridized carbons (Fsp3) is 0.571. The number of amides is 1. The van der Waals surface area contributed by atoms with Crippen molar-refractivity contribution in [3.63, 3.8) is 0 Å². The molecule has 1 aromatic heterocycles. The molecule has 184 valence electrons. The number of hydrogen-bond donors (Lipinski definition) is 2. The first kappa shape index (κ1) is 21.8. The van der Waals surface area contributed by atoms with Gasteiger partial charge in [0.25, 0.3) is 0 Å². The number of nitrogens with zero attached hydrogens (tertiary/aromatic N) is 4. The first-order valence-corrected chi connectivity index (χ1v) is 13.3. The average Bonchev–Trinajstić information content (AvgIpc) is 3.46. The van der Waals surface area contributed by atoms with E-state index in [1.54, 1.807) is 0 Å². The molecule has 6 atom stereocenters. The predicted octanol–water partition coefficient (Wildman–Crippen LogP) is 2.70. The number of hydrazine groups is 1. The molecule has 5 aliphatic rings. The molecule has 7 heteroatoms. The molecule has 7 rings (SSSR count). The van der Waals surface area contributed by atoms with E-state index in [0.29, 0.717) is 35.7 Å². The van der Waals surface area contributed by atoms with Crippen LogP contribution in [0.2, 0.25) is 0 Å². The highest BCUT2D eigenvalue weighted by atomic mass is 16.2. The number of likely N-dealkylation sites (N-methyl/N-ethyl adjacent to an activating group) is 2. The van der Waals surface area contributed by atoms with Crippen molar-refractivity contribution in [2.45, 2.75) is 43.2 Å². The van der Waals surface area contributed by atoms with Crippen LogP contribution in [0.1, 0.15) is 42.9 Å². The Balaban J connectivity index is 1.03. The summed E-state index contributed by atoms with van der Waals surface area (Å²) in [5.41, 5.74) is 10.6. The Labute approximate surface area is 207 Å². The van der Waals surface area contributed by atoms with Crippen LogP contribution in [0.4, 0.5) is 11.5 Å². The Morgan fingerprint density at radius 3 is 2.63 bits per heavy atom. The van der Waals surface area contributed by atoms with E-state index in [9.17, 15) is 4.79 Å². The number of fused-ring (bicyclic) bond motifs is 3. The fourth-order valence-electron chi connectivity index (χ4n) is 7.68. The van der Waals surface area contributed by atoms with Crippen LogP contribution in [0.15, 0.2) is 42.6 Å². The minimum Gasteiger partial charge on any atom is -0.354 e. The molecule has 1 aromatic carbocycles. The van der Waals surface area contributed by atoms with Gasteiger partial charge in [-0.25, -0.2) is 10.4 Å². The highest BCUT2D eigenvalue weighted by molar-refractivity contribution is 6.10. The van der Waals surface area contributed by atoms with Crippen LogP contribution in [-0.4, -0.2) is 62.1 Å². The highest BCUT2D eigenvalue weighted by Crippen LogP contribution is 2.66. The number of aromatic nitrogens is 1. The van der Waals surface area contributed by atoms with Gasteiger partial charge in [0.05, 0.1) is 11.5 Å². The molecule has 4 unspecified atom stereocenters. The maximum atomic E-state index is 13.3. The van der Waals surface area contributed by atoms with E-state index < -0.39 is 0 Å². The summed E-state index contributed by atoms with van der Waals surface area (Å²) in [5, 5.41) is 0. The van der Waals surface area contributed by atoms with E-state index >= 15 is 0 Å². The van der Waals surface area contributed by atoms with Crippen molar-refractivity contribution in [1.82, 2.24) is 20.7 Å². The van der Waals surface area contributed by atoms with E-state index in [0.717, 1.165) is 50.5 Å². The van der Waals surface area contributed by atoms with Crippen molar-refractivity contribution in [3.8, 4) is 0 Å². The SMILES string of the molecule is CN1CCN(c2ccc(C3NNC4CC([C@@H]5C[C@@]56C(=O)N(C)c5ccccc56)CCC43)cn2)CC1. The van der Waals surface area contributed by atoms with Gasteiger partial charge in [-0.3, -0.25) is 10.2 Å². The molecule has 2 saturated carbocycles. The zero-order chi connectivity index (χ0) is 23.7. The zero-order valence-corrected chi connectivity index (χ0v) is 20.8. The molecule has 35 heavy (non-hydrogen) atoms. The summed E-state index contributed by atoms with van der Waals surface area (Å²) < 4.78 is 0. The summed E-state index contributed by atoms with van der Waals surface area (Å²) in [5.74, 6) is 3.07. The number of rotatable bonds is 3. The molecule has 2 aliphatic carbocycles. The third-order valence-electron chi connectivity index (χ3n) is 9.77. The van der Waals surface area contributed by atoms with Crippen LogP contribution in [0.3, 0.4) is 0 Å². The van der Waals surface area contributed by atoms with E-state index in [2.05, 4.69) is 64.2 Å². The minimum absolute atomic E-state index is 0.253. The molecule has 2 aromatic rings. The average molecular weight is 473 g/mol. The molecule has 0 bridgehead atoms. The number of carbonyl (C=O) groups excluding carboxylic acids is 1. The topological polar surface area (TPSA) is 63.7 Å². The van der Waals surface area contributed by atoms with Gasteiger partial charge in [-0.15, -0.1) is 0 Å². The molecule has 7 nitrogen and oxygen atoms in total. The Hall–Kier alpha value is -2.48. The number of nitrogens with one attached hydrogen (secondary N) is 2. The Kier molecular flexibility index (Phi) is 4.99. The fourth-order valence-corrected chi connectivity index (χ4v) is 7.68. The maximum Gasteiger partial charge on any atom is 0.237 e. The van der Waals surface area contributed by atoms with Gasteiger partial charge in [0.2, 0.25) is 5.91 Å². The third kappa shape index (κ3) is 3.28. The van der Waals surface area contributed by atoms with Crippen LogP contribution >= 0.6 is 0 Å². The van der Waals surface area contributed by atoms with Gasteiger partial charge in [0, 0.05) is 51.2 Å². The molecular formula is C28H36N6O. The lowest BCUT2D eigenvalue weighted by atomic mass is 9.72. The molecular weight excluding hydrogens is 436 g/mol. The van der Waals surface area contributed by atoms with Crippen molar-refractivity contribution < 1.29 is 4.79 Å². The number of hydrogen-bond acceptors (Lipinski definition) is 6. The van der Waals surface area contributed by atoms with Crippen molar-refractivity contribution in [1.29, 1.82) is 0 Å². The van der Waals surface area contributed by atoms with Crippen molar-refractivity contribution in [3.05, 3.63) is 53.7 Å². The highest BCUT2D eigenvalue weighted by Gasteiger charge is 2.68. The van der Waals surface area contributed by atoms with Gasteiger partial charge >= 0.3 is 0 Å². The number of benzene rings is 1. The molecule has 4 fully saturated rings. The first-order valence-electron chi connectivity index (χ1n) is 13.3. The number of piperazine rings is 1. The van der Waals surface area contributed by atoms with Gasteiger partial charge in [-0.05, 0) is 73.7 Å². The Morgan fingerprint density at radius 1 is 1.00 bits per heavy atom. The molecule has 4 heterocycles. The van der Waals surface area contributed by atoms with Crippen LogP contribution in [-0.2, 0) is 10.2 Å². The van der Waals surface area contributed by atoms with Gasteiger partial charge < -0.3 is 14.7 Å². The van der Waals surface area contributed by atoms with Crippen LogP contribution < -0.4 is 20.7 Å². The van der Waals surface area contributed by atoms with Crippen LogP contribution in [0.25, 0.3) is 0 Å². The quantitative estimate of drug-likeness (QED) is 0.716. The Morgan fingerprint density at radius 2 is 1.83 bits per heavy atom. The standard InChI is InChI=1S/C28H36N6O/c1-32-11-13-34(14-12-32)25-10-8-19(17-29-25)26-20-9-7-18(15-23(20)30-31-26)22-16-28(22)21-5-3-4-6-24(21)33(2)27(28)35/h3-6,8,10,17-18,20,22-23,26,30-31H,7,9,11-16H2,1-2H3/t18?,20?,22-,23?,26?,28-/m0/s1. The van der Waals surface area contributed by atoms with Crippen LogP contribution in [0, 0.1) is 17.8 Å². The molecule has 3 aliphatic heterocycles. The van der Waals surface area contributed by atoms with Crippen molar-refractivity contribution in [2.24, 2.45) is 17.8 Å². The van der Waals surface area contributed by atoms with E-state index in [1.807, 2.05) is 18.0 Å². The summed E-state index contributed by atoms with van der Waals surface area (Å²) in [4.78, 5) is 24.8. The third-order valence-corrected chi connectivity index (χ3v) is 9.77. The number of pyridine rings is 1. The number of carbonyl (C=O) groups is 1. The lowest BCUT2D eigenvalue weighted by Gasteiger charge is -2.34. The van der Waals surface area contributed by atoms with Crippen LogP contribution in [0.5, 0.6) is 0 Å².